The van der Waals surface area contributed by atoms with E-state index in [-0.39, 0.29) is 22.5 Å². The molecule has 3 heterocycles. The van der Waals surface area contributed by atoms with E-state index in [2.05, 4.69) is 5.10 Å². The van der Waals surface area contributed by atoms with Crippen LogP contribution in [0.4, 0.5) is 14.5 Å². The Balaban J connectivity index is 1.77. The number of amides is 2. The maximum Gasteiger partial charge on any atom is 0.331 e. The minimum Gasteiger partial charge on any atom is -0.858 e. The topological polar surface area (TPSA) is 82.1 Å². The van der Waals surface area contributed by atoms with Gasteiger partial charge in [0.1, 0.15) is 17.2 Å². The molecule has 4 aromatic rings. The second-order valence-electron chi connectivity index (χ2n) is 8.70. The number of imide groups is 1. The third-order valence-corrected chi connectivity index (χ3v) is 6.07. The minimum atomic E-state index is -0.714. The lowest BCUT2D eigenvalue weighted by Crippen LogP contribution is -2.39. The molecule has 5 rings (SSSR count). The molecule has 0 unspecified atom stereocenters. The van der Waals surface area contributed by atoms with Crippen LogP contribution in [0.3, 0.4) is 0 Å². The Morgan fingerprint density at radius 3 is 2.14 bits per heavy atom. The molecule has 0 aliphatic carbocycles. The van der Waals surface area contributed by atoms with Crippen molar-refractivity contribution in [2.75, 3.05) is 4.90 Å². The molecule has 0 saturated heterocycles. The number of aryl methyl sites for hydroxylation is 2. The average Bonchev–Trinajstić information content (AvgIpc) is 3.32. The number of pyridine rings is 1. The lowest BCUT2D eigenvalue weighted by atomic mass is 10.0. The molecule has 9 heteroatoms. The Hall–Kier alpha value is -4.66. The number of carbonyl (C=O) groups is 2. The molecule has 1 aliphatic heterocycles. The highest BCUT2D eigenvalue weighted by molar-refractivity contribution is 6.53. The first-order valence-electron chi connectivity index (χ1n) is 11.7. The summed E-state index contributed by atoms with van der Waals surface area (Å²) in [5.74, 6) is -2.95. The van der Waals surface area contributed by atoms with Gasteiger partial charge in [-0.1, -0.05) is 13.3 Å². The van der Waals surface area contributed by atoms with Gasteiger partial charge in [-0.3, -0.25) is 9.59 Å². The third kappa shape index (κ3) is 4.18. The number of halogens is 2. The SMILES string of the molecule is CCCc1nn(-c2ccc(F)cc2)c([O-])c1C1=C([n+]2cccc(C)c2)C(=O)N(c2ccc(F)cc2)C1=O. The van der Waals surface area contributed by atoms with Gasteiger partial charge < -0.3 is 5.11 Å². The molecule has 0 saturated carbocycles. The smallest absolute Gasteiger partial charge is 0.331 e. The van der Waals surface area contributed by atoms with Crippen LogP contribution in [0.1, 0.15) is 30.2 Å². The van der Waals surface area contributed by atoms with Crippen molar-refractivity contribution in [3.05, 3.63) is 102 Å². The molecule has 7 nitrogen and oxygen atoms in total. The number of rotatable bonds is 6. The summed E-state index contributed by atoms with van der Waals surface area (Å²) in [7, 11) is 0. The zero-order valence-corrected chi connectivity index (χ0v) is 20.1. The zero-order chi connectivity index (χ0) is 26.3. The van der Waals surface area contributed by atoms with Crippen LogP contribution in [0.15, 0.2) is 73.1 Å². The van der Waals surface area contributed by atoms with Crippen LogP contribution in [-0.4, -0.2) is 21.6 Å². The number of benzene rings is 2. The van der Waals surface area contributed by atoms with Gasteiger partial charge in [-0.15, -0.1) is 0 Å². The number of nitrogens with zero attached hydrogens (tertiary/aromatic N) is 4. The molecule has 186 valence electrons. The van der Waals surface area contributed by atoms with Crippen molar-refractivity contribution < 1.29 is 28.0 Å². The van der Waals surface area contributed by atoms with E-state index in [1.807, 2.05) is 19.9 Å². The van der Waals surface area contributed by atoms with E-state index in [9.17, 15) is 23.5 Å². The summed E-state index contributed by atoms with van der Waals surface area (Å²) in [4.78, 5) is 28.6. The highest BCUT2D eigenvalue weighted by atomic mass is 19.1. The van der Waals surface area contributed by atoms with E-state index in [0.29, 0.717) is 24.2 Å². The van der Waals surface area contributed by atoms with Crippen LogP contribution in [0.5, 0.6) is 5.88 Å². The molecule has 0 spiro atoms. The van der Waals surface area contributed by atoms with Crippen LogP contribution in [-0.2, 0) is 16.0 Å². The molecule has 2 aromatic carbocycles. The van der Waals surface area contributed by atoms with Gasteiger partial charge in [0.05, 0.1) is 17.1 Å². The molecule has 0 atom stereocenters. The number of anilines is 1. The molecule has 0 N–H and O–H groups in total. The summed E-state index contributed by atoms with van der Waals surface area (Å²) >= 11 is 0. The molecule has 0 radical (unpaired) electrons. The summed E-state index contributed by atoms with van der Waals surface area (Å²) in [6, 6.07) is 13.8. The predicted octanol–water partition coefficient (Wildman–Crippen LogP) is 3.71. The van der Waals surface area contributed by atoms with Crippen LogP contribution in [0.2, 0.25) is 0 Å². The first kappa shape index (κ1) is 24.1. The fourth-order valence-corrected chi connectivity index (χ4v) is 4.41. The van der Waals surface area contributed by atoms with Crippen molar-refractivity contribution in [3.8, 4) is 11.6 Å². The van der Waals surface area contributed by atoms with Crippen molar-refractivity contribution >= 4 is 28.8 Å². The van der Waals surface area contributed by atoms with Gasteiger partial charge in [-0.25, -0.2) is 18.4 Å². The molecule has 0 fully saturated rings. The van der Waals surface area contributed by atoms with Gasteiger partial charge in [-0.05, 0) is 73.8 Å². The number of hydrogen-bond donors (Lipinski definition) is 0. The van der Waals surface area contributed by atoms with Gasteiger partial charge in [0.15, 0.2) is 12.4 Å². The normalized spacial score (nSPS) is 13.7. The van der Waals surface area contributed by atoms with Crippen molar-refractivity contribution in [2.24, 2.45) is 0 Å². The molecular formula is C28H22F2N4O3. The number of carbonyl (C=O) groups excluding carboxylic acids is 2. The van der Waals surface area contributed by atoms with Crippen LogP contribution >= 0.6 is 0 Å². The Kier molecular flexibility index (Phi) is 6.12. The maximum absolute atomic E-state index is 13.9. The van der Waals surface area contributed by atoms with Crippen molar-refractivity contribution in [1.29, 1.82) is 0 Å². The first-order valence-corrected chi connectivity index (χ1v) is 11.7. The molecule has 37 heavy (non-hydrogen) atoms. The average molecular weight is 501 g/mol. The van der Waals surface area contributed by atoms with Gasteiger partial charge in [-0.2, -0.15) is 9.67 Å². The minimum absolute atomic E-state index is 0.00821. The predicted molar refractivity (Wildman–Crippen MR) is 130 cm³/mol. The highest BCUT2D eigenvalue weighted by Gasteiger charge is 2.47. The highest BCUT2D eigenvalue weighted by Crippen LogP contribution is 2.39. The summed E-state index contributed by atoms with van der Waals surface area (Å²) in [5.41, 5.74) is 1.59. The largest absolute Gasteiger partial charge is 0.858 e. The number of aromatic nitrogens is 3. The van der Waals surface area contributed by atoms with Crippen LogP contribution in [0.25, 0.3) is 17.0 Å². The van der Waals surface area contributed by atoms with Gasteiger partial charge in [0.25, 0.3) is 11.6 Å². The van der Waals surface area contributed by atoms with Crippen LogP contribution in [0, 0.1) is 18.6 Å². The maximum atomic E-state index is 13.9. The fourth-order valence-electron chi connectivity index (χ4n) is 4.41. The Morgan fingerprint density at radius 1 is 0.919 bits per heavy atom. The van der Waals surface area contributed by atoms with Crippen LogP contribution < -0.4 is 14.6 Å². The van der Waals surface area contributed by atoms with E-state index >= 15 is 0 Å². The van der Waals surface area contributed by atoms with E-state index in [0.717, 1.165) is 27.3 Å². The summed E-state index contributed by atoms with van der Waals surface area (Å²) in [5, 5.41) is 18.2. The molecule has 0 bridgehead atoms. The molecular weight excluding hydrogens is 478 g/mol. The summed E-state index contributed by atoms with van der Waals surface area (Å²) in [6.45, 7) is 3.74. The van der Waals surface area contributed by atoms with Crippen molar-refractivity contribution in [1.82, 2.24) is 9.78 Å². The summed E-state index contributed by atoms with van der Waals surface area (Å²) in [6.07, 6.45) is 4.29. The van der Waals surface area contributed by atoms with E-state index in [1.54, 1.807) is 18.5 Å². The zero-order valence-electron chi connectivity index (χ0n) is 20.1. The van der Waals surface area contributed by atoms with E-state index in [4.69, 9.17) is 0 Å². The molecule has 2 amide bonds. The van der Waals surface area contributed by atoms with Gasteiger partial charge in [0.2, 0.25) is 0 Å². The number of hydrogen-bond acceptors (Lipinski definition) is 4. The van der Waals surface area contributed by atoms with Gasteiger partial charge >= 0.3 is 5.91 Å². The van der Waals surface area contributed by atoms with Crippen molar-refractivity contribution in [2.45, 2.75) is 26.7 Å². The Labute approximate surface area is 211 Å². The third-order valence-electron chi connectivity index (χ3n) is 6.07. The Bertz CT molecular complexity index is 1560. The van der Waals surface area contributed by atoms with E-state index in [1.165, 1.54) is 41.0 Å². The van der Waals surface area contributed by atoms with Crippen molar-refractivity contribution in [3.63, 3.8) is 0 Å². The second kappa shape index (κ2) is 9.42. The molecule has 2 aromatic heterocycles. The van der Waals surface area contributed by atoms with E-state index < -0.39 is 29.3 Å². The quantitative estimate of drug-likeness (QED) is 0.299. The summed E-state index contributed by atoms with van der Waals surface area (Å²) < 4.78 is 29.7. The first-order chi connectivity index (χ1) is 17.8. The standard InChI is InChI=1S/C28H22F2N4O3/c1-3-5-22-23(27(36)34(31-22)21-13-9-19(30)10-14-21)24-25(32-15-4-6-17(2)16-32)28(37)33(26(24)35)20-11-7-18(29)8-12-20/h4,6-16H,3,5H2,1-2H3. The monoisotopic (exact) mass is 500 g/mol. The molecule has 1 aliphatic rings. The fraction of sp³-hybridized carbons (Fsp3) is 0.143. The second-order valence-corrected chi connectivity index (χ2v) is 8.70. The van der Waals surface area contributed by atoms with Gasteiger partial charge in [0, 0.05) is 17.2 Å². The Morgan fingerprint density at radius 2 is 1.54 bits per heavy atom. The lowest BCUT2D eigenvalue weighted by molar-refractivity contribution is -0.577. The lowest BCUT2D eigenvalue weighted by Gasteiger charge is -2.15.